The molecule has 2 aromatic carbocycles. The van der Waals surface area contributed by atoms with Crippen LogP contribution in [0.3, 0.4) is 0 Å². The van der Waals surface area contributed by atoms with Crippen LogP contribution < -0.4 is 4.72 Å². The summed E-state index contributed by atoms with van der Waals surface area (Å²) in [5, 5.41) is 18.7. The molecule has 0 radical (unpaired) electrons. The third-order valence-electron chi connectivity index (χ3n) is 3.17. The number of rotatable bonds is 6. The van der Waals surface area contributed by atoms with E-state index in [0.717, 1.165) is 0 Å². The summed E-state index contributed by atoms with van der Waals surface area (Å²) in [6.45, 7) is -0.332. The van der Waals surface area contributed by atoms with Gasteiger partial charge in [0.1, 0.15) is 5.82 Å². The fourth-order valence-electron chi connectivity index (χ4n) is 2.06. The van der Waals surface area contributed by atoms with Crippen LogP contribution in [0.2, 0.25) is 0 Å². The zero-order chi connectivity index (χ0) is 16.9. The first-order valence-electron chi connectivity index (χ1n) is 6.80. The lowest BCUT2D eigenvalue weighted by molar-refractivity contribution is 0.177. The summed E-state index contributed by atoms with van der Waals surface area (Å²) in [6.07, 6.45) is -1.28. The third-order valence-corrected chi connectivity index (χ3v) is 4.49. The van der Waals surface area contributed by atoms with Crippen molar-refractivity contribution in [3.63, 3.8) is 0 Å². The topological polar surface area (TPSA) is 90.2 Å². The summed E-state index contributed by atoms with van der Waals surface area (Å²) < 4.78 is 39.8. The normalized spacial score (nSPS) is 12.6. The lowest BCUT2D eigenvalue weighted by Crippen LogP contribution is -2.30. The zero-order valence-corrected chi connectivity index (χ0v) is 12.9. The molecule has 2 N–H and O–H groups in total. The van der Waals surface area contributed by atoms with Gasteiger partial charge in [-0.1, -0.05) is 30.3 Å². The predicted molar refractivity (Wildman–Crippen MR) is 83.1 cm³/mol. The summed E-state index contributed by atoms with van der Waals surface area (Å²) in [5.41, 5.74) is 0.850. The fraction of sp³-hybridized carbons (Fsp3) is 0.188. The number of hydrogen-bond donors (Lipinski definition) is 2. The van der Waals surface area contributed by atoms with Crippen molar-refractivity contribution in [3.05, 3.63) is 71.0 Å². The molecule has 0 heterocycles. The Morgan fingerprint density at radius 2 is 1.96 bits per heavy atom. The highest BCUT2D eigenvalue weighted by atomic mass is 32.2. The van der Waals surface area contributed by atoms with Crippen molar-refractivity contribution in [2.45, 2.75) is 11.9 Å². The number of sulfonamides is 1. The summed E-state index contributed by atoms with van der Waals surface area (Å²) in [4.78, 5) is 0. The predicted octanol–water partition coefficient (Wildman–Crippen LogP) is 1.85. The van der Waals surface area contributed by atoms with Gasteiger partial charge in [0.2, 0.25) is 10.0 Å². The minimum Gasteiger partial charge on any atom is -0.387 e. The fourth-order valence-corrected chi connectivity index (χ4v) is 3.19. The molecule has 0 aliphatic heterocycles. The van der Waals surface area contributed by atoms with E-state index < -0.39 is 21.9 Å². The van der Waals surface area contributed by atoms with Crippen LogP contribution in [0, 0.1) is 17.1 Å². The Hall–Kier alpha value is -2.27. The third kappa shape index (κ3) is 4.86. The van der Waals surface area contributed by atoms with Crippen molar-refractivity contribution in [1.29, 1.82) is 5.26 Å². The molecule has 0 saturated heterocycles. The number of nitriles is 1. The first kappa shape index (κ1) is 17.1. The van der Waals surface area contributed by atoms with Crippen molar-refractivity contribution in [2.24, 2.45) is 0 Å². The Morgan fingerprint density at radius 1 is 1.22 bits per heavy atom. The number of benzene rings is 2. The van der Waals surface area contributed by atoms with E-state index in [-0.39, 0.29) is 17.9 Å². The second-order valence-corrected chi connectivity index (χ2v) is 6.76. The quantitative estimate of drug-likeness (QED) is 0.843. The monoisotopic (exact) mass is 334 g/mol. The van der Waals surface area contributed by atoms with Gasteiger partial charge in [-0.15, -0.1) is 0 Å². The number of nitrogens with one attached hydrogen (secondary N) is 1. The molecule has 0 aromatic heterocycles. The van der Waals surface area contributed by atoms with Crippen LogP contribution in [-0.4, -0.2) is 20.1 Å². The molecule has 2 aromatic rings. The van der Waals surface area contributed by atoms with Gasteiger partial charge in [-0.25, -0.2) is 17.5 Å². The minimum absolute atomic E-state index is 0.0293. The van der Waals surface area contributed by atoms with Crippen LogP contribution in [0.1, 0.15) is 22.8 Å². The SMILES string of the molecule is N#Cc1cccc(CS(=O)(=O)NCC(O)c2ccccc2F)c1. The molecule has 23 heavy (non-hydrogen) atoms. The molecule has 1 unspecified atom stereocenters. The molecule has 0 fully saturated rings. The van der Waals surface area contributed by atoms with Gasteiger partial charge >= 0.3 is 0 Å². The second-order valence-electron chi connectivity index (χ2n) is 4.96. The molecule has 0 amide bonds. The van der Waals surface area contributed by atoms with Crippen LogP contribution >= 0.6 is 0 Å². The highest BCUT2D eigenvalue weighted by molar-refractivity contribution is 7.88. The molecule has 0 bridgehead atoms. The van der Waals surface area contributed by atoms with E-state index in [1.807, 2.05) is 6.07 Å². The summed E-state index contributed by atoms with van der Waals surface area (Å²) in [7, 11) is -3.72. The van der Waals surface area contributed by atoms with Gasteiger partial charge in [0.15, 0.2) is 0 Å². The van der Waals surface area contributed by atoms with Crippen molar-refractivity contribution in [2.75, 3.05) is 6.54 Å². The molecular formula is C16H15FN2O3S. The average molecular weight is 334 g/mol. The number of nitrogens with zero attached hydrogens (tertiary/aromatic N) is 1. The van der Waals surface area contributed by atoms with Crippen molar-refractivity contribution in [1.82, 2.24) is 4.72 Å². The van der Waals surface area contributed by atoms with Gasteiger partial charge in [-0.2, -0.15) is 5.26 Å². The molecule has 0 saturated carbocycles. The molecule has 120 valence electrons. The maximum Gasteiger partial charge on any atom is 0.215 e. The van der Waals surface area contributed by atoms with Gasteiger partial charge in [0.25, 0.3) is 0 Å². The summed E-state index contributed by atoms with van der Waals surface area (Å²) in [5.74, 6) is -0.923. The minimum atomic E-state index is -3.72. The Morgan fingerprint density at radius 3 is 2.65 bits per heavy atom. The van der Waals surface area contributed by atoms with E-state index in [2.05, 4.69) is 4.72 Å². The number of aliphatic hydroxyl groups excluding tert-OH is 1. The highest BCUT2D eigenvalue weighted by Crippen LogP contribution is 2.16. The Labute approximate surface area is 134 Å². The highest BCUT2D eigenvalue weighted by Gasteiger charge is 2.17. The van der Waals surface area contributed by atoms with Crippen LogP contribution in [0.5, 0.6) is 0 Å². The van der Waals surface area contributed by atoms with Gasteiger partial charge in [0.05, 0.1) is 23.5 Å². The lowest BCUT2D eigenvalue weighted by Gasteiger charge is -2.13. The molecule has 5 nitrogen and oxygen atoms in total. The molecule has 0 aliphatic rings. The van der Waals surface area contributed by atoms with E-state index in [9.17, 15) is 17.9 Å². The average Bonchev–Trinajstić information content (AvgIpc) is 2.53. The van der Waals surface area contributed by atoms with Crippen molar-refractivity contribution in [3.8, 4) is 6.07 Å². The van der Waals surface area contributed by atoms with Crippen LogP contribution in [-0.2, 0) is 15.8 Å². The lowest BCUT2D eigenvalue weighted by atomic mass is 10.1. The maximum atomic E-state index is 13.5. The largest absolute Gasteiger partial charge is 0.387 e. The number of halogens is 1. The molecule has 0 spiro atoms. The summed E-state index contributed by atoms with van der Waals surface area (Å²) in [6, 6.07) is 13.8. The Kier molecular flexibility index (Phi) is 5.45. The van der Waals surface area contributed by atoms with Gasteiger partial charge in [-0.3, -0.25) is 0 Å². The maximum absolute atomic E-state index is 13.5. The smallest absolute Gasteiger partial charge is 0.215 e. The number of hydrogen-bond acceptors (Lipinski definition) is 4. The number of aliphatic hydroxyl groups is 1. The van der Waals surface area contributed by atoms with Gasteiger partial charge in [-0.05, 0) is 23.8 Å². The summed E-state index contributed by atoms with van der Waals surface area (Å²) >= 11 is 0. The Balaban J connectivity index is 2.01. The van der Waals surface area contributed by atoms with E-state index in [1.54, 1.807) is 24.3 Å². The van der Waals surface area contributed by atoms with E-state index in [0.29, 0.717) is 11.1 Å². The standard InChI is InChI=1S/C16H15FN2O3S/c17-15-7-2-1-6-14(15)16(20)10-19-23(21,22)11-13-5-3-4-12(8-13)9-18/h1-8,16,19-20H,10-11H2. The first-order chi connectivity index (χ1) is 10.9. The van der Waals surface area contributed by atoms with Crippen molar-refractivity contribution < 1.29 is 17.9 Å². The van der Waals surface area contributed by atoms with Crippen LogP contribution in [0.15, 0.2) is 48.5 Å². The van der Waals surface area contributed by atoms with E-state index in [4.69, 9.17) is 5.26 Å². The first-order valence-corrected chi connectivity index (χ1v) is 8.45. The molecule has 7 heteroatoms. The molecule has 1 atom stereocenters. The van der Waals surface area contributed by atoms with Gasteiger partial charge in [0, 0.05) is 12.1 Å². The molecular weight excluding hydrogens is 319 g/mol. The van der Waals surface area contributed by atoms with E-state index in [1.165, 1.54) is 24.3 Å². The van der Waals surface area contributed by atoms with Crippen LogP contribution in [0.25, 0.3) is 0 Å². The molecule has 0 aliphatic carbocycles. The second kappa shape index (κ2) is 7.33. The Bertz CT molecular complexity index is 831. The van der Waals surface area contributed by atoms with Crippen LogP contribution in [0.4, 0.5) is 4.39 Å². The zero-order valence-electron chi connectivity index (χ0n) is 12.1. The molecule has 2 rings (SSSR count). The van der Waals surface area contributed by atoms with E-state index >= 15 is 0 Å². The van der Waals surface area contributed by atoms with Crippen molar-refractivity contribution >= 4 is 10.0 Å². The van der Waals surface area contributed by atoms with Gasteiger partial charge < -0.3 is 5.11 Å².